The number of anilines is 3. The lowest BCUT2D eigenvalue weighted by atomic mass is 10.1. The summed E-state index contributed by atoms with van der Waals surface area (Å²) in [6, 6.07) is 20.3. The van der Waals surface area contributed by atoms with Crippen molar-refractivity contribution in [3.05, 3.63) is 89.0 Å². The maximum atomic E-state index is 12.9. The van der Waals surface area contributed by atoms with Gasteiger partial charge in [-0.3, -0.25) is 14.4 Å². The van der Waals surface area contributed by atoms with Crippen LogP contribution in [0.15, 0.2) is 66.7 Å². The molecule has 0 aliphatic carbocycles. The molecule has 4 rings (SSSR count). The fourth-order valence-corrected chi connectivity index (χ4v) is 4.06. The molecule has 0 radical (unpaired) electrons. The van der Waals surface area contributed by atoms with Crippen molar-refractivity contribution in [2.45, 2.75) is 27.2 Å². The molecule has 3 amide bonds. The summed E-state index contributed by atoms with van der Waals surface area (Å²) in [4.78, 5) is 39.8. The largest absolute Gasteiger partial charge is 0.326 e. The van der Waals surface area contributed by atoms with Crippen molar-refractivity contribution in [2.24, 2.45) is 5.92 Å². The zero-order chi connectivity index (χ0) is 23.5. The maximum absolute atomic E-state index is 12.9. The third kappa shape index (κ3) is 5.12. The van der Waals surface area contributed by atoms with E-state index in [1.165, 1.54) is 0 Å². The van der Waals surface area contributed by atoms with E-state index in [0.29, 0.717) is 17.8 Å². The van der Waals surface area contributed by atoms with E-state index in [4.69, 9.17) is 0 Å². The molecule has 2 N–H and O–H groups in total. The van der Waals surface area contributed by atoms with Crippen molar-refractivity contribution in [1.29, 1.82) is 0 Å². The van der Waals surface area contributed by atoms with Gasteiger partial charge in [0.1, 0.15) is 0 Å². The van der Waals surface area contributed by atoms with Crippen LogP contribution in [0.5, 0.6) is 0 Å². The van der Waals surface area contributed by atoms with E-state index in [1.54, 1.807) is 29.2 Å². The van der Waals surface area contributed by atoms with Crippen molar-refractivity contribution in [2.75, 3.05) is 22.1 Å². The molecule has 1 fully saturated rings. The molecule has 1 heterocycles. The van der Waals surface area contributed by atoms with E-state index < -0.39 is 5.92 Å². The number of amides is 3. The standard InChI is InChI=1S/C27H27N3O3/c1-17-6-4-9-23(13-17)30-16-21(15-25(30)31)27(33)28-22-8-5-7-20(14-22)26(32)29-24-11-10-18(2)12-19(24)3/h4-14,21H,15-16H2,1-3H3,(H,28,33)(H,29,32)/t21-/m0/s1. The molecule has 0 unspecified atom stereocenters. The normalized spacial score (nSPS) is 15.4. The van der Waals surface area contributed by atoms with Gasteiger partial charge in [-0.25, -0.2) is 0 Å². The molecule has 33 heavy (non-hydrogen) atoms. The SMILES string of the molecule is Cc1cccc(N2C[C@@H](C(=O)Nc3cccc(C(=O)Nc4ccc(C)cc4C)c3)CC2=O)c1. The van der Waals surface area contributed by atoms with Gasteiger partial charge in [0.2, 0.25) is 11.8 Å². The van der Waals surface area contributed by atoms with Crippen molar-refractivity contribution in [3.8, 4) is 0 Å². The third-order valence-electron chi connectivity index (χ3n) is 5.83. The molecule has 0 saturated carbocycles. The van der Waals surface area contributed by atoms with Crippen LogP contribution in [-0.4, -0.2) is 24.3 Å². The van der Waals surface area contributed by atoms with Gasteiger partial charge in [0.05, 0.1) is 5.92 Å². The minimum Gasteiger partial charge on any atom is -0.326 e. The highest BCUT2D eigenvalue weighted by Gasteiger charge is 2.35. The number of nitrogens with one attached hydrogen (secondary N) is 2. The number of rotatable bonds is 5. The molecule has 1 saturated heterocycles. The summed E-state index contributed by atoms with van der Waals surface area (Å²) in [7, 11) is 0. The molecule has 3 aromatic rings. The van der Waals surface area contributed by atoms with Crippen molar-refractivity contribution >= 4 is 34.8 Å². The van der Waals surface area contributed by atoms with Gasteiger partial charge in [-0.1, -0.05) is 35.9 Å². The summed E-state index contributed by atoms with van der Waals surface area (Å²) >= 11 is 0. The average molecular weight is 442 g/mol. The summed E-state index contributed by atoms with van der Waals surface area (Å²) in [6.45, 7) is 6.25. The highest BCUT2D eigenvalue weighted by molar-refractivity contribution is 6.06. The van der Waals surface area contributed by atoms with Crippen LogP contribution in [0.25, 0.3) is 0 Å². The van der Waals surface area contributed by atoms with E-state index in [9.17, 15) is 14.4 Å². The molecule has 0 spiro atoms. The molecule has 6 heteroatoms. The Morgan fingerprint density at radius 2 is 1.64 bits per heavy atom. The summed E-state index contributed by atoms with van der Waals surface area (Å²) in [5.41, 5.74) is 5.69. The lowest BCUT2D eigenvalue weighted by Gasteiger charge is -2.17. The summed E-state index contributed by atoms with van der Waals surface area (Å²) in [6.07, 6.45) is 0.159. The molecular weight excluding hydrogens is 414 g/mol. The Bertz CT molecular complexity index is 1230. The van der Waals surface area contributed by atoms with Gasteiger partial charge in [-0.15, -0.1) is 0 Å². The Labute approximate surface area is 193 Å². The number of benzene rings is 3. The topological polar surface area (TPSA) is 78.5 Å². The minimum atomic E-state index is -0.453. The van der Waals surface area contributed by atoms with E-state index in [-0.39, 0.29) is 24.1 Å². The molecule has 1 aliphatic rings. The quantitative estimate of drug-likeness (QED) is 0.594. The smallest absolute Gasteiger partial charge is 0.255 e. The van der Waals surface area contributed by atoms with Gasteiger partial charge in [0.25, 0.3) is 5.91 Å². The van der Waals surface area contributed by atoms with Crippen LogP contribution in [0.2, 0.25) is 0 Å². The third-order valence-corrected chi connectivity index (χ3v) is 5.83. The number of nitrogens with zero attached hydrogens (tertiary/aromatic N) is 1. The Hall–Kier alpha value is -3.93. The van der Waals surface area contributed by atoms with Crippen molar-refractivity contribution < 1.29 is 14.4 Å². The molecule has 0 bridgehead atoms. The van der Waals surface area contributed by atoms with Crippen LogP contribution in [0.4, 0.5) is 17.1 Å². The van der Waals surface area contributed by atoms with E-state index >= 15 is 0 Å². The van der Waals surface area contributed by atoms with Crippen LogP contribution in [0.3, 0.4) is 0 Å². The number of carbonyl (C=O) groups excluding carboxylic acids is 3. The first-order valence-corrected chi connectivity index (χ1v) is 11.0. The number of carbonyl (C=O) groups is 3. The monoisotopic (exact) mass is 441 g/mol. The van der Waals surface area contributed by atoms with E-state index in [1.807, 2.05) is 63.2 Å². The van der Waals surface area contributed by atoms with Gasteiger partial charge in [0, 0.05) is 35.6 Å². The van der Waals surface area contributed by atoms with Gasteiger partial charge in [-0.05, 0) is 68.3 Å². The maximum Gasteiger partial charge on any atom is 0.255 e. The fourth-order valence-electron chi connectivity index (χ4n) is 4.06. The van der Waals surface area contributed by atoms with Crippen molar-refractivity contribution in [3.63, 3.8) is 0 Å². The molecule has 0 aromatic heterocycles. The van der Waals surface area contributed by atoms with Gasteiger partial charge in [0.15, 0.2) is 0 Å². The summed E-state index contributed by atoms with van der Waals surface area (Å²) in [5, 5.41) is 5.79. The predicted octanol–water partition coefficient (Wildman–Crippen LogP) is 4.86. The Balaban J connectivity index is 1.42. The van der Waals surface area contributed by atoms with Gasteiger partial charge in [-0.2, -0.15) is 0 Å². The molecule has 168 valence electrons. The second-order valence-electron chi connectivity index (χ2n) is 8.59. The van der Waals surface area contributed by atoms with Crippen LogP contribution in [0, 0.1) is 26.7 Å². The van der Waals surface area contributed by atoms with Crippen LogP contribution >= 0.6 is 0 Å². The summed E-state index contributed by atoms with van der Waals surface area (Å²) in [5.74, 6) is -1.00. The molecule has 6 nitrogen and oxygen atoms in total. The molecule has 1 atom stereocenters. The molecule has 1 aliphatic heterocycles. The zero-order valence-corrected chi connectivity index (χ0v) is 19.0. The molecule has 3 aromatic carbocycles. The second-order valence-corrected chi connectivity index (χ2v) is 8.59. The Kier molecular flexibility index (Phi) is 6.27. The van der Waals surface area contributed by atoms with Gasteiger partial charge >= 0.3 is 0 Å². The first kappa shape index (κ1) is 22.3. The average Bonchev–Trinajstić information content (AvgIpc) is 3.17. The van der Waals surface area contributed by atoms with Crippen LogP contribution in [-0.2, 0) is 9.59 Å². The Morgan fingerprint density at radius 3 is 2.39 bits per heavy atom. The van der Waals surface area contributed by atoms with Crippen LogP contribution < -0.4 is 15.5 Å². The van der Waals surface area contributed by atoms with Gasteiger partial charge < -0.3 is 15.5 Å². The Morgan fingerprint density at radius 1 is 0.879 bits per heavy atom. The fraction of sp³-hybridized carbons (Fsp3) is 0.222. The minimum absolute atomic E-state index is 0.0673. The first-order valence-electron chi connectivity index (χ1n) is 11.0. The number of hydrogen-bond acceptors (Lipinski definition) is 3. The highest BCUT2D eigenvalue weighted by atomic mass is 16.2. The van der Waals surface area contributed by atoms with E-state index in [0.717, 1.165) is 28.1 Å². The zero-order valence-electron chi connectivity index (χ0n) is 19.0. The number of hydrogen-bond donors (Lipinski definition) is 2. The summed E-state index contributed by atoms with van der Waals surface area (Å²) < 4.78 is 0. The van der Waals surface area contributed by atoms with E-state index in [2.05, 4.69) is 10.6 Å². The highest BCUT2D eigenvalue weighted by Crippen LogP contribution is 2.27. The second kappa shape index (κ2) is 9.28. The molecular formula is C27H27N3O3. The number of aryl methyl sites for hydroxylation is 3. The lowest BCUT2D eigenvalue weighted by molar-refractivity contribution is -0.122. The van der Waals surface area contributed by atoms with Crippen molar-refractivity contribution in [1.82, 2.24) is 0 Å². The lowest BCUT2D eigenvalue weighted by Crippen LogP contribution is -2.28. The first-order chi connectivity index (χ1) is 15.8. The predicted molar refractivity (Wildman–Crippen MR) is 131 cm³/mol. The van der Waals surface area contributed by atoms with Crippen LogP contribution in [0.1, 0.15) is 33.5 Å².